The smallest absolute Gasteiger partial charge is 0.0964 e. The first-order chi connectivity index (χ1) is 19.8. The fourth-order valence-corrected chi connectivity index (χ4v) is 3.05. The largest absolute Gasteiger partial charge is 0.548 e. The monoisotopic (exact) mass is 562 g/mol. The van der Waals surface area contributed by atoms with Crippen LogP contribution >= 0.6 is 0 Å². The summed E-state index contributed by atoms with van der Waals surface area (Å²) in [5.74, 6) is -1.21. The molecule has 224 valence electrons. The van der Waals surface area contributed by atoms with E-state index in [-0.39, 0.29) is 6.04 Å². The van der Waals surface area contributed by atoms with Gasteiger partial charge in [0.2, 0.25) is 0 Å². The molecule has 0 bridgehead atoms. The Morgan fingerprint density at radius 1 is 0.805 bits per heavy atom. The van der Waals surface area contributed by atoms with Gasteiger partial charge in [-0.1, -0.05) is 76.3 Å². The van der Waals surface area contributed by atoms with Crippen molar-refractivity contribution in [2.75, 3.05) is 6.54 Å². The maximum absolute atomic E-state index is 9.46. The van der Waals surface area contributed by atoms with Gasteiger partial charge in [-0.05, 0) is 50.5 Å². The van der Waals surface area contributed by atoms with Crippen molar-refractivity contribution in [3.63, 3.8) is 0 Å². The highest BCUT2D eigenvalue weighted by atomic mass is 16.4. The van der Waals surface area contributed by atoms with Crippen LogP contribution in [-0.2, 0) is 4.79 Å². The van der Waals surface area contributed by atoms with Crippen molar-refractivity contribution in [1.29, 1.82) is 0 Å². The number of carbonyl (C=O) groups excluding carboxylic acids is 1. The normalized spacial score (nSPS) is 17.0. The van der Waals surface area contributed by atoms with Crippen LogP contribution in [0.1, 0.15) is 41.5 Å². The summed E-state index contributed by atoms with van der Waals surface area (Å²) in [4.78, 5) is 18.2. The maximum Gasteiger partial charge on any atom is 0.0964 e. The first-order valence-electron chi connectivity index (χ1n) is 14.0. The molecule has 9 heteroatoms. The number of carboxylic acids is 1. The van der Waals surface area contributed by atoms with Crippen LogP contribution in [0.25, 0.3) is 21.8 Å². The molecule has 0 spiro atoms. The van der Waals surface area contributed by atoms with E-state index >= 15 is 0 Å². The van der Waals surface area contributed by atoms with Gasteiger partial charge >= 0.3 is 0 Å². The number of carboxylic acid groups (broad SMARTS) is 1. The zero-order chi connectivity index (χ0) is 31.0. The van der Waals surface area contributed by atoms with E-state index in [4.69, 9.17) is 17.2 Å². The second-order valence-corrected chi connectivity index (χ2v) is 8.41. The summed E-state index contributed by atoms with van der Waals surface area (Å²) in [5, 5.41) is 18.3. The summed E-state index contributed by atoms with van der Waals surface area (Å²) in [6.45, 7) is 11.8. The molecule has 2 aliphatic heterocycles. The minimum absolute atomic E-state index is 0.162. The number of hydrogen-bond acceptors (Lipinski definition) is 9. The van der Waals surface area contributed by atoms with Crippen LogP contribution in [0.4, 0.5) is 0 Å². The average Bonchev–Trinajstić information content (AvgIpc) is 3.04. The maximum atomic E-state index is 9.46. The molecule has 2 aromatic heterocycles. The zero-order valence-electron chi connectivity index (χ0n) is 25.2. The van der Waals surface area contributed by atoms with Gasteiger partial charge < -0.3 is 37.7 Å². The Morgan fingerprint density at radius 2 is 1.17 bits per heavy atom. The fraction of sp³-hybridized carbons (Fsp3) is 0.344. The molecular formula is C32H48N7O2-. The van der Waals surface area contributed by atoms with Crippen molar-refractivity contribution < 1.29 is 9.90 Å². The second kappa shape index (κ2) is 22.7. The summed E-state index contributed by atoms with van der Waals surface area (Å²) < 4.78 is 0. The number of fused-ring (bicyclic) bond motifs is 3. The van der Waals surface area contributed by atoms with E-state index in [1.54, 1.807) is 12.4 Å². The topological polar surface area (TPSA) is 168 Å². The van der Waals surface area contributed by atoms with Crippen molar-refractivity contribution in [3.8, 4) is 0 Å². The average molecular weight is 563 g/mol. The van der Waals surface area contributed by atoms with Crippen LogP contribution in [0.3, 0.4) is 0 Å². The summed E-state index contributed by atoms with van der Waals surface area (Å²) in [5.41, 5.74) is 16.9. The minimum atomic E-state index is -1.21. The molecule has 0 saturated heterocycles. The fourth-order valence-electron chi connectivity index (χ4n) is 3.05. The Labute approximate surface area is 245 Å². The number of nitrogens with zero attached hydrogens (tertiary/aromatic N) is 2. The van der Waals surface area contributed by atoms with Gasteiger partial charge in [0, 0.05) is 41.8 Å². The zero-order valence-corrected chi connectivity index (χ0v) is 25.2. The third-order valence-electron chi connectivity index (χ3n) is 5.10. The van der Waals surface area contributed by atoms with Gasteiger partial charge in [0.1, 0.15) is 0 Å². The molecule has 1 aromatic carbocycles. The highest BCUT2D eigenvalue weighted by Crippen LogP contribution is 2.20. The standard InChI is InChI=1S/C12H8N2.C10H12N2.C3H10N2.C3H7NO2.2C2H6/c1-3-9-5-6-10-4-2-8-14-12(10)11(9)13-7-1;1-3-7-11-9(5-1)10-6-2-4-8-12-10;1-3(5)2-4;1-2(4)3(5)6;2*1-2/h1-8H;1-12H;3H,2,4-5H2,1H3;2H,4H2,1H3,(H,5,6);2*1-2H3/p-1/t;;3-;2-;;/m..00../s1. The van der Waals surface area contributed by atoms with E-state index in [0.717, 1.165) is 21.8 Å². The molecule has 4 atom stereocenters. The van der Waals surface area contributed by atoms with E-state index in [9.17, 15) is 9.90 Å². The van der Waals surface area contributed by atoms with Gasteiger partial charge in [0.25, 0.3) is 0 Å². The quantitative estimate of drug-likeness (QED) is 0.301. The lowest BCUT2D eigenvalue weighted by molar-refractivity contribution is -0.306. The predicted octanol–water partition coefficient (Wildman–Crippen LogP) is 3.28. The van der Waals surface area contributed by atoms with Gasteiger partial charge in [-0.15, -0.1) is 0 Å². The first-order valence-corrected chi connectivity index (χ1v) is 14.0. The van der Waals surface area contributed by atoms with Crippen LogP contribution in [-0.4, -0.2) is 46.6 Å². The van der Waals surface area contributed by atoms with Crippen molar-refractivity contribution in [3.05, 3.63) is 97.6 Å². The Balaban J connectivity index is 0.000000538. The van der Waals surface area contributed by atoms with Crippen molar-refractivity contribution >= 4 is 27.8 Å². The molecule has 8 N–H and O–H groups in total. The Morgan fingerprint density at radius 3 is 1.44 bits per heavy atom. The molecule has 0 saturated carbocycles. The molecule has 5 rings (SSSR count). The third-order valence-corrected chi connectivity index (χ3v) is 5.10. The van der Waals surface area contributed by atoms with Crippen LogP contribution < -0.4 is 32.9 Å². The number of carbonyl (C=O) groups is 1. The minimum Gasteiger partial charge on any atom is -0.548 e. The Bertz CT molecular complexity index is 1150. The number of hydrogen-bond donors (Lipinski definition) is 5. The molecule has 41 heavy (non-hydrogen) atoms. The number of aromatic nitrogens is 2. The summed E-state index contributed by atoms with van der Waals surface area (Å²) >= 11 is 0. The summed E-state index contributed by atoms with van der Waals surface area (Å²) in [6.07, 6.45) is 20.0. The highest BCUT2D eigenvalue weighted by molar-refractivity contribution is 6.02. The van der Waals surface area contributed by atoms with Crippen LogP contribution in [0, 0.1) is 0 Å². The van der Waals surface area contributed by atoms with Crippen LogP contribution in [0.15, 0.2) is 97.6 Å². The summed E-state index contributed by atoms with van der Waals surface area (Å²) in [7, 11) is 0. The number of pyridine rings is 2. The second-order valence-electron chi connectivity index (χ2n) is 8.41. The lowest BCUT2D eigenvalue weighted by atomic mass is 10.0. The number of rotatable bonds is 3. The molecule has 0 radical (unpaired) electrons. The Hall–Kier alpha value is -4.05. The molecule has 2 aliphatic rings. The molecule has 3 aromatic rings. The van der Waals surface area contributed by atoms with Crippen molar-refractivity contribution in [2.45, 2.75) is 65.7 Å². The van der Waals surface area contributed by atoms with Gasteiger partial charge in [0.15, 0.2) is 0 Å². The van der Waals surface area contributed by atoms with Crippen LogP contribution in [0.2, 0.25) is 0 Å². The lowest BCUT2D eigenvalue weighted by Gasteiger charge is -2.25. The molecular weight excluding hydrogens is 514 g/mol. The predicted molar refractivity (Wildman–Crippen MR) is 172 cm³/mol. The molecule has 4 heterocycles. The summed E-state index contributed by atoms with van der Waals surface area (Å²) in [6, 6.07) is 12.2. The molecule has 0 aliphatic carbocycles. The Kier molecular flexibility index (Phi) is 20.5. The van der Waals surface area contributed by atoms with Gasteiger partial charge in [-0.2, -0.15) is 0 Å². The van der Waals surface area contributed by atoms with E-state index in [2.05, 4.69) is 69.2 Å². The van der Waals surface area contributed by atoms with Gasteiger partial charge in [-0.25, -0.2) is 0 Å². The van der Waals surface area contributed by atoms with Gasteiger partial charge in [-0.3, -0.25) is 9.97 Å². The molecule has 9 nitrogen and oxygen atoms in total. The number of nitrogens with two attached hydrogens (primary N) is 3. The van der Waals surface area contributed by atoms with Gasteiger partial charge in [0.05, 0.1) is 29.1 Å². The highest BCUT2D eigenvalue weighted by Gasteiger charge is 2.15. The lowest BCUT2D eigenvalue weighted by Crippen LogP contribution is -2.43. The number of dihydropyridines is 2. The van der Waals surface area contributed by atoms with Crippen LogP contribution in [0.5, 0.6) is 0 Å². The molecule has 0 fully saturated rings. The first kappa shape index (κ1) is 37.0. The third kappa shape index (κ3) is 14.8. The SMILES string of the molecule is C1=CNC(C2C=CC=CN2)C=C1.CC.CC.C[C@H](N)C(=O)[O-].C[C@H](N)CN.c1cnc2c(c1)ccc1cccnc12. The molecule has 2 unspecified atom stereocenters. The van der Waals surface area contributed by atoms with Crippen molar-refractivity contribution in [1.82, 2.24) is 20.6 Å². The number of allylic oxidation sites excluding steroid dienone is 4. The van der Waals surface area contributed by atoms with E-state index in [0.29, 0.717) is 18.6 Å². The molecule has 0 amide bonds. The number of benzene rings is 1. The van der Waals surface area contributed by atoms with E-state index in [1.165, 1.54) is 6.92 Å². The number of aliphatic carboxylic acids is 1. The van der Waals surface area contributed by atoms with Crippen molar-refractivity contribution in [2.24, 2.45) is 17.2 Å². The number of nitrogens with one attached hydrogen (secondary N) is 2. The van der Waals surface area contributed by atoms with E-state index in [1.807, 2.05) is 71.3 Å². The van der Waals surface area contributed by atoms with E-state index < -0.39 is 12.0 Å².